The van der Waals surface area contributed by atoms with Crippen molar-refractivity contribution in [1.82, 2.24) is 4.90 Å². The summed E-state index contributed by atoms with van der Waals surface area (Å²) in [6, 6.07) is 0. The van der Waals surface area contributed by atoms with Crippen molar-refractivity contribution in [3.05, 3.63) is 6.55 Å². The molecule has 0 aliphatic rings. The molecule has 34 heavy (non-hydrogen) atoms. The summed E-state index contributed by atoms with van der Waals surface area (Å²) in [4.78, 5) is 2.27. The van der Waals surface area contributed by atoms with Gasteiger partial charge in [-0.1, -0.05) is 104 Å². The van der Waals surface area contributed by atoms with Crippen LogP contribution >= 0.6 is 0 Å². The number of hydrogen-bond donors (Lipinski definition) is 0. The van der Waals surface area contributed by atoms with Gasteiger partial charge in [-0.2, -0.15) is 0 Å². The average Bonchev–Trinajstić information content (AvgIpc) is 2.25. The van der Waals surface area contributed by atoms with Gasteiger partial charge < -0.3 is 4.90 Å². The van der Waals surface area contributed by atoms with Crippen LogP contribution in [-0.4, -0.2) is 100 Å². The van der Waals surface area contributed by atoms with Gasteiger partial charge in [0.2, 0.25) is 0 Å². The average molecular weight is 583 g/mol. The second kappa shape index (κ2) is 24.2. The molecular weight excluding hydrogens is 509 g/mol. The maximum absolute atomic E-state index is 3.91. The molecule has 0 aromatic carbocycles. The normalized spacial score (nSPS) is 11.3. The molecule has 0 unspecified atom stereocenters. The summed E-state index contributed by atoms with van der Waals surface area (Å²) in [7, 11) is 5.18. The Bertz CT molecular complexity index is 391. The highest BCUT2D eigenvalue weighted by Gasteiger charge is 2.23. The van der Waals surface area contributed by atoms with E-state index < -0.39 is 32.3 Å². The van der Waals surface area contributed by atoms with Crippen LogP contribution in [0.3, 0.4) is 0 Å². The van der Waals surface area contributed by atoms with E-state index in [0.29, 0.717) is 0 Å². The highest BCUT2D eigenvalue weighted by Crippen LogP contribution is 2.18. The Labute approximate surface area is 229 Å². The molecule has 0 aliphatic heterocycles. The van der Waals surface area contributed by atoms with Crippen LogP contribution in [0.1, 0.15) is 0 Å². The molecule has 0 aromatic rings. The molecule has 0 rings (SSSR count). The third-order valence-electron chi connectivity index (χ3n) is 1.85. The van der Waals surface area contributed by atoms with Gasteiger partial charge in [0.25, 0.3) is 8.07 Å². The van der Waals surface area contributed by atoms with Crippen molar-refractivity contribution in [3.8, 4) is 0 Å². The molecule has 0 aromatic heterocycles. The molecule has 8 heteroatoms. The summed E-state index contributed by atoms with van der Waals surface area (Å²) >= 11 is 0. The molecule has 0 bridgehead atoms. The quantitative estimate of drug-likeness (QED) is 0.139. The van der Waals surface area contributed by atoms with E-state index in [1.54, 1.807) is 10.2 Å². The van der Waals surface area contributed by atoms with E-state index in [1.165, 1.54) is 6.17 Å². The Kier molecular flexibility index (Phi) is 34.1. The van der Waals surface area contributed by atoms with Crippen LogP contribution in [0.25, 0.3) is 0 Å². The molecule has 0 spiro atoms. The third-order valence-corrected chi connectivity index (χ3v) is 11.9. The first-order valence-corrected chi connectivity index (χ1v) is 33.7. The van der Waals surface area contributed by atoms with E-state index in [9.17, 15) is 0 Å². The first-order chi connectivity index (χ1) is 14.3. The Morgan fingerprint density at radius 1 is 0.618 bits per heavy atom. The Balaban J connectivity index is -0.0000000719. The number of rotatable bonds is 4. The fourth-order valence-corrected chi connectivity index (χ4v) is 17.2. The molecule has 2 nitrogen and oxygen atoms in total. The molecule has 0 atom stereocenters. The van der Waals surface area contributed by atoms with Crippen LogP contribution in [0.4, 0.5) is 0 Å². The zero-order valence-corrected chi connectivity index (χ0v) is 34.7. The van der Waals surface area contributed by atoms with Gasteiger partial charge in [-0.15, -0.1) is 0 Å². The van der Waals surface area contributed by atoms with Crippen LogP contribution in [0.5, 0.6) is 0 Å². The lowest BCUT2D eigenvalue weighted by atomic mass is 11.0. The molecule has 0 fully saturated rings. The molecule has 0 aliphatic carbocycles. The van der Waals surface area contributed by atoms with Gasteiger partial charge in [0.1, 0.15) is 20.8 Å². The zero-order chi connectivity index (χ0) is 29.7. The summed E-state index contributed by atoms with van der Waals surface area (Å²) in [5, 5.41) is 0. The molecule has 0 heterocycles. The fourth-order valence-electron chi connectivity index (χ4n) is 2.54. The summed E-state index contributed by atoms with van der Waals surface area (Å²) in [5.41, 5.74) is 1.57. The maximum Gasteiger partial charge on any atom is 0.256 e. The van der Waals surface area contributed by atoms with E-state index >= 15 is 0 Å². The predicted octanol–water partition coefficient (Wildman–Crippen LogP) is 9.03. The van der Waals surface area contributed by atoms with Crippen LogP contribution in [0, 0.1) is 6.55 Å². The van der Waals surface area contributed by atoms with Crippen molar-refractivity contribution in [2.75, 3.05) is 34.4 Å². The summed E-state index contributed by atoms with van der Waals surface area (Å²) in [5.74, 6) is 0. The number of nitrogens with zero attached hydrogens (tertiary/aromatic N) is 2. The molecule has 0 saturated carbocycles. The Hall–Kier alpha value is 0.801. The van der Waals surface area contributed by atoms with Crippen molar-refractivity contribution >= 4 is 56.6 Å². The number of hydrogen-bond acceptors (Lipinski definition) is 1. The molecular formula is C26H74N2Si6+2. The van der Waals surface area contributed by atoms with Crippen LogP contribution in [0.2, 0.25) is 124 Å². The zero-order valence-electron chi connectivity index (χ0n) is 28.7. The summed E-state index contributed by atoms with van der Waals surface area (Å²) in [6.07, 6.45) is 1.30. The maximum atomic E-state index is 3.91. The van der Waals surface area contributed by atoms with E-state index in [4.69, 9.17) is 0 Å². The van der Waals surface area contributed by atoms with Gasteiger partial charge in [0, 0.05) is 40.3 Å². The lowest BCUT2D eigenvalue weighted by molar-refractivity contribution is -0.454. The van der Waals surface area contributed by atoms with E-state index in [1.807, 2.05) is 14.1 Å². The fraction of sp³-hybridized carbons (Fsp3) is 0.923. The minimum absolute atomic E-state index is 0.120. The summed E-state index contributed by atoms with van der Waals surface area (Å²) in [6.45, 7) is 49.6. The van der Waals surface area contributed by atoms with Gasteiger partial charge in [-0.3, -0.25) is 0 Å². The SMILES string of the molecule is C=[N+](C)C.CN(C)C[Si](C)(C)C.C[Si](C)(C)C[Si](C)(C)C.C[Si](C)C.C[Si](C)C.[CH2+][Si](C)(C)C. The van der Waals surface area contributed by atoms with E-state index in [-0.39, 0.29) is 17.6 Å². The van der Waals surface area contributed by atoms with Gasteiger partial charge >= 0.3 is 0 Å². The van der Waals surface area contributed by atoms with E-state index in [2.05, 4.69) is 150 Å². The van der Waals surface area contributed by atoms with Gasteiger partial charge in [0.15, 0.2) is 0 Å². The highest BCUT2D eigenvalue weighted by molar-refractivity contribution is 6.94. The lowest BCUT2D eigenvalue weighted by Gasteiger charge is -2.25. The molecule has 210 valence electrons. The van der Waals surface area contributed by atoms with Crippen molar-refractivity contribution in [2.24, 2.45) is 0 Å². The third kappa shape index (κ3) is 238. The van der Waals surface area contributed by atoms with Gasteiger partial charge in [-0.25, -0.2) is 4.58 Å². The highest BCUT2D eigenvalue weighted by atomic mass is 28.4. The molecule has 0 saturated heterocycles. The first-order valence-electron chi connectivity index (χ1n) is 12.8. The van der Waals surface area contributed by atoms with Crippen molar-refractivity contribution in [3.63, 3.8) is 0 Å². The first kappa shape index (κ1) is 47.9. The Morgan fingerprint density at radius 2 is 0.765 bits per heavy atom. The second-order valence-electron chi connectivity index (χ2n) is 15.7. The Morgan fingerprint density at radius 3 is 0.765 bits per heavy atom. The van der Waals surface area contributed by atoms with Crippen LogP contribution in [0.15, 0.2) is 0 Å². The monoisotopic (exact) mass is 582 g/mol. The van der Waals surface area contributed by atoms with Crippen LogP contribution in [-0.2, 0) is 0 Å². The molecule has 2 radical (unpaired) electrons. The predicted molar refractivity (Wildman–Crippen MR) is 188 cm³/mol. The minimum Gasteiger partial charge on any atom is -0.312 e. The van der Waals surface area contributed by atoms with Crippen LogP contribution < -0.4 is 0 Å². The van der Waals surface area contributed by atoms with Crippen molar-refractivity contribution < 1.29 is 4.58 Å². The van der Waals surface area contributed by atoms with E-state index in [0.717, 1.165) is 0 Å². The van der Waals surface area contributed by atoms with Crippen molar-refractivity contribution in [2.45, 2.75) is 124 Å². The second-order valence-corrected chi connectivity index (χ2v) is 44.0. The minimum atomic E-state index is -0.861. The lowest BCUT2D eigenvalue weighted by Crippen LogP contribution is -2.35. The van der Waals surface area contributed by atoms with Gasteiger partial charge in [-0.05, 0) is 39.9 Å². The van der Waals surface area contributed by atoms with Gasteiger partial charge in [0.05, 0.1) is 8.07 Å². The summed E-state index contributed by atoms with van der Waals surface area (Å²) < 4.78 is 1.75. The largest absolute Gasteiger partial charge is 0.312 e. The topological polar surface area (TPSA) is 6.25 Å². The standard InChI is InChI=1S/C7H20Si2.C6H17NSi.C4H11Si.C3H8N.2C3H9Si/c1-8(2,3)7-9(4,5)6;1-7(2)6-8(3,4)5;1-5(2,3)4;3*1-4(2)3/h7H2,1-6H3;6H2,1-5H3;1H2,2-4H3;1H2,2-3H3;2*1-3H3/q;;2*+1;;. The molecule has 0 amide bonds. The smallest absolute Gasteiger partial charge is 0.256 e. The van der Waals surface area contributed by atoms with Crippen molar-refractivity contribution in [1.29, 1.82) is 0 Å². The molecule has 0 N–H and O–H groups in total.